The Hall–Kier alpha value is -0.360. The number of carbonyl (C=O) groups is 1. The second-order valence-corrected chi connectivity index (χ2v) is 7.76. The molecule has 2 rings (SSSR count). The lowest BCUT2D eigenvalue weighted by molar-refractivity contribution is 0.0689. The lowest BCUT2D eigenvalue weighted by atomic mass is 9.90. The number of aromatic nitrogens is 1. The summed E-state index contributed by atoms with van der Waals surface area (Å²) in [7, 11) is 2.00. The standard InChI is InChI=1S/C16H27N3OS.2ClH/c1-16(2,3)14-13(21-11-18-14)15(20)19-9-6-12(7-10-19)5-8-17-4;;/h11-12,17H,5-10H2,1-4H3;2*1H. The Bertz CT molecular complexity index is 480. The first kappa shape index (κ1) is 22.6. The lowest BCUT2D eigenvalue weighted by Crippen LogP contribution is -2.39. The summed E-state index contributed by atoms with van der Waals surface area (Å²) in [5, 5.41) is 3.21. The zero-order valence-electron chi connectivity index (χ0n) is 14.4. The van der Waals surface area contributed by atoms with Gasteiger partial charge < -0.3 is 10.2 Å². The molecule has 1 saturated heterocycles. The van der Waals surface area contributed by atoms with E-state index in [1.165, 1.54) is 17.8 Å². The van der Waals surface area contributed by atoms with Gasteiger partial charge in [0.25, 0.3) is 5.91 Å². The molecule has 134 valence electrons. The van der Waals surface area contributed by atoms with Crippen LogP contribution in [0.15, 0.2) is 5.51 Å². The molecular formula is C16H29Cl2N3OS. The van der Waals surface area contributed by atoms with E-state index in [1.54, 1.807) is 5.51 Å². The predicted molar refractivity (Wildman–Crippen MR) is 102 cm³/mol. The van der Waals surface area contributed by atoms with Gasteiger partial charge in [-0.05, 0) is 38.8 Å². The van der Waals surface area contributed by atoms with Crippen LogP contribution in [-0.4, -0.2) is 42.5 Å². The van der Waals surface area contributed by atoms with Crippen molar-refractivity contribution in [2.45, 2.75) is 45.4 Å². The minimum absolute atomic E-state index is 0. The van der Waals surface area contributed by atoms with E-state index in [4.69, 9.17) is 0 Å². The number of nitrogens with zero attached hydrogens (tertiary/aromatic N) is 2. The van der Waals surface area contributed by atoms with Crippen LogP contribution in [0, 0.1) is 5.92 Å². The lowest BCUT2D eigenvalue weighted by Gasteiger charge is -2.32. The van der Waals surface area contributed by atoms with E-state index in [0.29, 0.717) is 0 Å². The van der Waals surface area contributed by atoms with Crippen LogP contribution >= 0.6 is 36.2 Å². The molecule has 23 heavy (non-hydrogen) atoms. The third kappa shape index (κ3) is 5.89. The van der Waals surface area contributed by atoms with Crippen molar-refractivity contribution in [1.82, 2.24) is 15.2 Å². The zero-order chi connectivity index (χ0) is 15.5. The van der Waals surface area contributed by atoms with Crippen molar-refractivity contribution < 1.29 is 4.79 Å². The fourth-order valence-electron chi connectivity index (χ4n) is 2.85. The van der Waals surface area contributed by atoms with Gasteiger partial charge in [-0.25, -0.2) is 4.98 Å². The highest BCUT2D eigenvalue weighted by molar-refractivity contribution is 7.11. The molecule has 2 heterocycles. The second kappa shape index (κ2) is 9.82. The first-order valence-electron chi connectivity index (χ1n) is 7.81. The maximum Gasteiger partial charge on any atom is 0.265 e. The maximum atomic E-state index is 12.7. The largest absolute Gasteiger partial charge is 0.338 e. The van der Waals surface area contributed by atoms with Crippen molar-refractivity contribution in [3.63, 3.8) is 0 Å². The van der Waals surface area contributed by atoms with Gasteiger partial charge in [-0.3, -0.25) is 4.79 Å². The summed E-state index contributed by atoms with van der Waals surface area (Å²) < 4.78 is 0. The topological polar surface area (TPSA) is 45.2 Å². The van der Waals surface area contributed by atoms with E-state index in [-0.39, 0.29) is 36.1 Å². The van der Waals surface area contributed by atoms with Crippen LogP contribution < -0.4 is 5.32 Å². The molecule has 1 amide bonds. The second-order valence-electron chi connectivity index (χ2n) is 6.91. The summed E-state index contributed by atoms with van der Waals surface area (Å²) in [4.78, 5) is 20.0. The molecular weight excluding hydrogens is 353 g/mol. The summed E-state index contributed by atoms with van der Waals surface area (Å²) >= 11 is 1.48. The minimum atomic E-state index is -0.0733. The molecule has 0 aromatic carbocycles. The van der Waals surface area contributed by atoms with Crippen LogP contribution in [0.2, 0.25) is 0 Å². The van der Waals surface area contributed by atoms with E-state index >= 15 is 0 Å². The first-order chi connectivity index (χ1) is 9.93. The number of thiazole rings is 1. The SMILES string of the molecule is CNCCC1CCN(C(=O)c2scnc2C(C)(C)C)CC1.Cl.Cl. The molecule has 7 heteroatoms. The van der Waals surface area contributed by atoms with Crippen LogP contribution in [0.25, 0.3) is 0 Å². The van der Waals surface area contributed by atoms with Crippen molar-refractivity contribution in [2.75, 3.05) is 26.7 Å². The quantitative estimate of drug-likeness (QED) is 0.863. The number of piperidine rings is 1. The number of carbonyl (C=O) groups excluding carboxylic acids is 1. The molecule has 0 bridgehead atoms. The Labute approximate surface area is 156 Å². The van der Waals surface area contributed by atoms with Crippen molar-refractivity contribution in [3.8, 4) is 0 Å². The van der Waals surface area contributed by atoms with Gasteiger partial charge in [-0.1, -0.05) is 20.8 Å². The van der Waals surface area contributed by atoms with E-state index in [1.807, 2.05) is 11.9 Å². The highest BCUT2D eigenvalue weighted by Crippen LogP contribution is 2.29. The summed E-state index contributed by atoms with van der Waals surface area (Å²) in [6.07, 6.45) is 3.46. The number of amides is 1. The van der Waals surface area contributed by atoms with E-state index in [9.17, 15) is 4.79 Å². The molecule has 1 aliphatic heterocycles. The zero-order valence-corrected chi connectivity index (χ0v) is 16.9. The van der Waals surface area contributed by atoms with Crippen LogP contribution in [0.3, 0.4) is 0 Å². The highest BCUT2D eigenvalue weighted by Gasteiger charge is 2.29. The molecule has 1 aliphatic rings. The molecule has 1 aromatic heterocycles. The molecule has 0 atom stereocenters. The average molecular weight is 382 g/mol. The van der Waals surface area contributed by atoms with Gasteiger partial charge in [0.1, 0.15) is 4.88 Å². The Morgan fingerprint density at radius 1 is 1.35 bits per heavy atom. The Morgan fingerprint density at radius 3 is 2.48 bits per heavy atom. The number of hydrogen-bond donors (Lipinski definition) is 1. The maximum absolute atomic E-state index is 12.7. The number of hydrogen-bond acceptors (Lipinski definition) is 4. The summed E-state index contributed by atoms with van der Waals surface area (Å²) in [6, 6.07) is 0. The smallest absolute Gasteiger partial charge is 0.265 e. The van der Waals surface area contributed by atoms with Crippen LogP contribution in [-0.2, 0) is 5.41 Å². The fourth-order valence-corrected chi connectivity index (χ4v) is 3.81. The molecule has 1 aromatic rings. The van der Waals surface area contributed by atoms with Crippen molar-refractivity contribution >= 4 is 42.1 Å². The number of halogens is 2. The Kier molecular flexibility index (Phi) is 9.67. The first-order valence-corrected chi connectivity index (χ1v) is 8.69. The normalized spacial score (nSPS) is 15.7. The fraction of sp³-hybridized carbons (Fsp3) is 0.750. The summed E-state index contributed by atoms with van der Waals surface area (Å²) in [5.74, 6) is 0.930. The molecule has 0 spiro atoms. The number of likely N-dealkylation sites (tertiary alicyclic amines) is 1. The van der Waals surface area contributed by atoms with Crippen molar-refractivity contribution in [2.24, 2.45) is 5.92 Å². The Balaban J connectivity index is 0.00000242. The van der Waals surface area contributed by atoms with Gasteiger partial charge >= 0.3 is 0 Å². The molecule has 0 aliphatic carbocycles. The van der Waals surface area contributed by atoms with E-state index < -0.39 is 0 Å². The van der Waals surface area contributed by atoms with Gasteiger partial charge in [-0.15, -0.1) is 36.2 Å². The third-order valence-corrected chi connectivity index (χ3v) is 4.99. The molecule has 0 radical (unpaired) electrons. The molecule has 0 saturated carbocycles. The van der Waals surface area contributed by atoms with Crippen molar-refractivity contribution in [3.05, 3.63) is 16.1 Å². The van der Waals surface area contributed by atoms with Gasteiger partial charge in [0.15, 0.2) is 0 Å². The summed E-state index contributed by atoms with van der Waals surface area (Å²) in [6.45, 7) is 9.18. The van der Waals surface area contributed by atoms with E-state index in [0.717, 1.165) is 49.0 Å². The van der Waals surface area contributed by atoms with E-state index in [2.05, 4.69) is 31.1 Å². The van der Waals surface area contributed by atoms with Gasteiger partial charge in [0.05, 0.1) is 11.2 Å². The average Bonchev–Trinajstić information content (AvgIpc) is 2.94. The minimum Gasteiger partial charge on any atom is -0.338 e. The molecule has 1 fully saturated rings. The number of rotatable bonds is 4. The predicted octanol–water partition coefficient (Wildman–Crippen LogP) is 3.75. The highest BCUT2D eigenvalue weighted by atomic mass is 35.5. The van der Waals surface area contributed by atoms with Gasteiger partial charge in [-0.2, -0.15) is 0 Å². The third-order valence-electron chi connectivity index (χ3n) is 4.18. The van der Waals surface area contributed by atoms with Crippen LogP contribution in [0.4, 0.5) is 0 Å². The number of nitrogens with one attached hydrogen (secondary N) is 1. The van der Waals surface area contributed by atoms with Crippen LogP contribution in [0.5, 0.6) is 0 Å². The monoisotopic (exact) mass is 381 g/mol. The van der Waals surface area contributed by atoms with Crippen LogP contribution in [0.1, 0.15) is 55.4 Å². The van der Waals surface area contributed by atoms with Crippen molar-refractivity contribution in [1.29, 1.82) is 0 Å². The molecule has 1 N–H and O–H groups in total. The molecule has 4 nitrogen and oxygen atoms in total. The Morgan fingerprint density at radius 2 is 1.96 bits per heavy atom. The van der Waals surface area contributed by atoms with Gasteiger partial charge in [0, 0.05) is 18.5 Å². The van der Waals surface area contributed by atoms with Gasteiger partial charge in [0.2, 0.25) is 0 Å². The molecule has 0 unspecified atom stereocenters. The summed E-state index contributed by atoms with van der Waals surface area (Å²) in [5.41, 5.74) is 2.67.